The van der Waals surface area contributed by atoms with Gasteiger partial charge in [0.2, 0.25) is 0 Å². The van der Waals surface area contributed by atoms with E-state index in [1.165, 1.54) is 0 Å². The Morgan fingerprint density at radius 1 is 1.73 bits per heavy atom. The van der Waals surface area contributed by atoms with Crippen LogP contribution in [-0.2, 0) is 6.42 Å². The molecule has 0 bridgehead atoms. The summed E-state index contributed by atoms with van der Waals surface area (Å²) in [6.45, 7) is 0. The predicted molar refractivity (Wildman–Crippen MR) is 52.4 cm³/mol. The van der Waals surface area contributed by atoms with Crippen LogP contribution in [0.5, 0.6) is 0 Å². The molecule has 11 heavy (non-hydrogen) atoms. The van der Waals surface area contributed by atoms with Gasteiger partial charge in [-0.05, 0) is 28.1 Å². The number of pyridine rings is 1. The third-order valence-corrected chi connectivity index (χ3v) is 2.04. The molecule has 2 N–H and O–H groups in total. The molecular weight excluding hydrogens is 224 g/mol. The summed E-state index contributed by atoms with van der Waals surface area (Å²) in [4.78, 5) is 4.57. The Morgan fingerprint density at radius 3 is 3.00 bits per heavy atom. The van der Waals surface area contributed by atoms with Gasteiger partial charge < -0.3 is 5.73 Å². The Balaban J connectivity index is 2.86. The van der Waals surface area contributed by atoms with Crippen LogP contribution in [0.4, 0.5) is 0 Å². The zero-order chi connectivity index (χ0) is 8.27. The zero-order valence-corrected chi connectivity index (χ0v) is 8.15. The number of thiocarbonyl (C=S) groups is 1. The fraction of sp³-hybridized carbons (Fsp3) is 0.143. The van der Waals surface area contributed by atoms with Gasteiger partial charge in [0.25, 0.3) is 0 Å². The lowest BCUT2D eigenvalue weighted by Gasteiger charge is -1.99. The Bertz CT molecular complexity index is 275. The van der Waals surface area contributed by atoms with Crippen LogP contribution >= 0.6 is 28.1 Å². The van der Waals surface area contributed by atoms with E-state index in [0.29, 0.717) is 11.4 Å². The fourth-order valence-corrected chi connectivity index (χ4v) is 1.25. The van der Waals surface area contributed by atoms with Crippen LogP contribution in [0, 0.1) is 0 Å². The number of nitrogens with zero attached hydrogens (tertiary/aromatic N) is 1. The van der Waals surface area contributed by atoms with Gasteiger partial charge >= 0.3 is 0 Å². The Labute approximate surface area is 78.9 Å². The normalized spacial score (nSPS) is 9.55. The minimum atomic E-state index is 0.462. The number of aromatic nitrogens is 1. The Kier molecular flexibility index (Phi) is 2.96. The molecule has 0 aliphatic rings. The first kappa shape index (κ1) is 8.62. The molecule has 1 aromatic rings. The molecular formula is C7H7BrN2S. The van der Waals surface area contributed by atoms with Crippen LogP contribution < -0.4 is 5.73 Å². The van der Waals surface area contributed by atoms with Crippen molar-refractivity contribution in [2.24, 2.45) is 5.73 Å². The van der Waals surface area contributed by atoms with Crippen LogP contribution in [-0.4, -0.2) is 9.97 Å². The van der Waals surface area contributed by atoms with E-state index in [1.807, 2.05) is 12.1 Å². The molecule has 0 radical (unpaired) electrons. The monoisotopic (exact) mass is 230 g/mol. The summed E-state index contributed by atoms with van der Waals surface area (Å²) in [6.07, 6.45) is 2.27. The van der Waals surface area contributed by atoms with Crippen molar-refractivity contribution >= 4 is 33.1 Å². The average Bonchev–Trinajstić information content (AvgIpc) is 1.93. The molecule has 0 unspecified atom stereocenters. The van der Waals surface area contributed by atoms with Crippen LogP contribution in [0.3, 0.4) is 0 Å². The van der Waals surface area contributed by atoms with Crippen molar-refractivity contribution in [1.82, 2.24) is 4.98 Å². The molecule has 0 atom stereocenters. The van der Waals surface area contributed by atoms with E-state index < -0.39 is 0 Å². The van der Waals surface area contributed by atoms with Crippen molar-refractivity contribution in [1.29, 1.82) is 0 Å². The number of halogens is 1. The lowest BCUT2D eigenvalue weighted by atomic mass is 10.3. The van der Waals surface area contributed by atoms with Crippen LogP contribution in [0.15, 0.2) is 22.8 Å². The number of nitrogens with two attached hydrogens (primary N) is 1. The molecule has 1 rings (SSSR count). The van der Waals surface area contributed by atoms with Gasteiger partial charge in [-0.1, -0.05) is 12.2 Å². The van der Waals surface area contributed by atoms with Gasteiger partial charge in [-0.15, -0.1) is 0 Å². The van der Waals surface area contributed by atoms with E-state index in [1.54, 1.807) is 6.20 Å². The third kappa shape index (κ3) is 2.55. The molecule has 2 nitrogen and oxygen atoms in total. The minimum Gasteiger partial charge on any atom is -0.393 e. The molecule has 0 aliphatic carbocycles. The highest BCUT2D eigenvalue weighted by molar-refractivity contribution is 9.10. The van der Waals surface area contributed by atoms with Gasteiger partial charge in [-0.3, -0.25) is 4.98 Å². The quantitative estimate of drug-likeness (QED) is 0.787. The van der Waals surface area contributed by atoms with E-state index in [4.69, 9.17) is 18.0 Å². The standard InChI is InChI=1S/C7H7BrN2S/c8-5-2-1-3-10-6(5)4-7(9)11/h1-3H,4H2,(H2,9,11). The summed E-state index contributed by atoms with van der Waals surface area (Å²) in [5, 5.41) is 0. The maximum absolute atomic E-state index is 5.36. The topological polar surface area (TPSA) is 38.9 Å². The smallest absolute Gasteiger partial charge is 0.0788 e. The van der Waals surface area contributed by atoms with Crippen molar-refractivity contribution in [3.8, 4) is 0 Å². The van der Waals surface area contributed by atoms with E-state index in [-0.39, 0.29) is 0 Å². The summed E-state index contributed by atoms with van der Waals surface area (Å²) in [6, 6.07) is 3.77. The highest BCUT2D eigenvalue weighted by Gasteiger charge is 2.00. The summed E-state index contributed by atoms with van der Waals surface area (Å²) in [5.41, 5.74) is 6.25. The molecule has 4 heteroatoms. The largest absolute Gasteiger partial charge is 0.393 e. The molecule has 0 aliphatic heterocycles. The van der Waals surface area contributed by atoms with Gasteiger partial charge in [0, 0.05) is 17.1 Å². The first-order valence-corrected chi connectivity index (χ1v) is 4.28. The van der Waals surface area contributed by atoms with Gasteiger partial charge in [0.15, 0.2) is 0 Å². The number of hydrogen-bond donors (Lipinski definition) is 1. The Hall–Kier alpha value is -0.480. The number of rotatable bonds is 2. The molecule has 58 valence electrons. The van der Waals surface area contributed by atoms with E-state index >= 15 is 0 Å². The van der Waals surface area contributed by atoms with Crippen molar-refractivity contribution < 1.29 is 0 Å². The molecule has 0 amide bonds. The SMILES string of the molecule is NC(=S)Cc1ncccc1Br. The maximum Gasteiger partial charge on any atom is 0.0788 e. The second kappa shape index (κ2) is 3.78. The number of hydrogen-bond acceptors (Lipinski definition) is 2. The highest BCUT2D eigenvalue weighted by Crippen LogP contribution is 2.13. The van der Waals surface area contributed by atoms with Crippen LogP contribution in [0.25, 0.3) is 0 Å². The van der Waals surface area contributed by atoms with E-state index in [0.717, 1.165) is 10.2 Å². The highest BCUT2D eigenvalue weighted by atomic mass is 79.9. The second-order valence-corrected chi connectivity index (χ2v) is 3.45. The van der Waals surface area contributed by atoms with Crippen molar-refractivity contribution in [3.05, 3.63) is 28.5 Å². The molecule has 0 aromatic carbocycles. The average molecular weight is 231 g/mol. The van der Waals surface area contributed by atoms with Gasteiger partial charge in [0.1, 0.15) is 0 Å². The summed E-state index contributed by atoms with van der Waals surface area (Å²) in [5.74, 6) is 0. The summed E-state index contributed by atoms with van der Waals surface area (Å²) < 4.78 is 0.952. The van der Waals surface area contributed by atoms with Crippen molar-refractivity contribution in [2.75, 3.05) is 0 Å². The third-order valence-electron chi connectivity index (χ3n) is 1.18. The minimum absolute atomic E-state index is 0.462. The fourth-order valence-electron chi connectivity index (χ4n) is 0.713. The van der Waals surface area contributed by atoms with Gasteiger partial charge in [-0.25, -0.2) is 0 Å². The lowest BCUT2D eigenvalue weighted by Crippen LogP contribution is -2.12. The molecule has 0 saturated heterocycles. The molecule has 1 heterocycles. The van der Waals surface area contributed by atoms with Crippen molar-refractivity contribution in [3.63, 3.8) is 0 Å². The van der Waals surface area contributed by atoms with Crippen LogP contribution in [0.1, 0.15) is 5.69 Å². The maximum atomic E-state index is 5.36. The lowest BCUT2D eigenvalue weighted by molar-refractivity contribution is 1.12. The summed E-state index contributed by atoms with van der Waals surface area (Å²) >= 11 is 8.10. The molecule has 0 spiro atoms. The summed E-state index contributed by atoms with van der Waals surface area (Å²) in [7, 11) is 0. The van der Waals surface area contributed by atoms with Crippen molar-refractivity contribution in [2.45, 2.75) is 6.42 Å². The van der Waals surface area contributed by atoms with Crippen LogP contribution in [0.2, 0.25) is 0 Å². The van der Waals surface area contributed by atoms with Gasteiger partial charge in [0.05, 0.1) is 10.7 Å². The first-order valence-electron chi connectivity index (χ1n) is 3.08. The second-order valence-electron chi connectivity index (χ2n) is 2.08. The van der Waals surface area contributed by atoms with Gasteiger partial charge in [-0.2, -0.15) is 0 Å². The Morgan fingerprint density at radius 2 is 2.45 bits per heavy atom. The molecule has 0 saturated carbocycles. The molecule has 1 aromatic heterocycles. The first-order chi connectivity index (χ1) is 5.20. The predicted octanol–water partition coefficient (Wildman–Crippen LogP) is 1.67. The van der Waals surface area contributed by atoms with E-state index in [9.17, 15) is 0 Å². The van der Waals surface area contributed by atoms with E-state index in [2.05, 4.69) is 20.9 Å². The molecule has 0 fully saturated rings. The zero-order valence-electron chi connectivity index (χ0n) is 5.75.